The first-order valence-electron chi connectivity index (χ1n) is 6.25. The minimum atomic E-state index is -1.43. The van der Waals surface area contributed by atoms with Crippen molar-refractivity contribution < 1.29 is 24.5 Å². The van der Waals surface area contributed by atoms with E-state index in [1.807, 2.05) is 0 Å². The van der Waals surface area contributed by atoms with Gasteiger partial charge in [0.2, 0.25) is 5.54 Å². The topological polar surface area (TPSA) is 80.4 Å². The van der Waals surface area contributed by atoms with Crippen LogP contribution in [0.25, 0.3) is 4.85 Å². The molecular formula is C13H23NO5. The van der Waals surface area contributed by atoms with E-state index in [9.17, 15) is 4.79 Å². The van der Waals surface area contributed by atoms with E-state index in [-0.39, 0.29) is 19.0 Å². The summed E-state index contributed by atoms with van der Waals surface area (Å²) in [7, 11) is 1.52. The molecule has 0 saturated carbocycles. The zero-order valence-corrected chi connectivity index (χ0v) is 11.8. The van der Waals surface area contributed by atoms with Crippen LogP contribution in [0.15, 0.2) is 0 Å². The second-order valence-corrected chi connectivity index (χ2v) is 4.89. The second kappa shape index (κ2) is 8.86. The third kappa shape index (κ3) is 7.78. The van der Waals surface area contributed by atoms with E-state index in [1.54, 1.807) is 13.8 Å². The zero-order valence-electron chi connectivity index (χ0n) is 11.8. The Morgan fingerprint density at radius 3 is 2.53 bits per heavy atom. The van der Waals surface area contributed by atoms with Crippen LogP contribution in [0.4, 0.5) is 0 Å². The van der Waals surface area contributed by atoms with Crippen molar-refractivity contribution in [1.29, 1.82) is 0 Å². The summed E-state index contributed by atoms with van der Waals surface area (Å²) in [5, 5.41) is 17.7. The molecule has 0 radical (unpaired) electrons. The van der Waals surface area contributed by atoms with E-state index in [2.05, 4.69) is 4.85 Å². The lowest BCUT2D eigenvalue weighted by molar-refractivity contribution is -0.149. The Kier molecular flexibility index (Phi) is 8.32. The Labute approximate surface area is 114 Å². The number of methoxy groups -OCH3 is 1. The van der Waals surface area contributed by atoms with Gasteiger partial charge < -0.3 is 24.5 Å². The number of ether oxygens (including phenoxy) is 2. The minimum absolute atomic E-state index is 0.115. The molecule has 2 N–H and O–H groups in total. The van der Waals surface area contributed by atoms with Crippen molar-refractivity contribution in [1.82, 2.24) is 0 Å². The Hall–Kier alpha value is -1.16. The first kappa shape index (κ1) is 17.8. The van der Waals surface area contributed by atoms with Crippen LogP contribution in [0.5, 0.6) is 0 Å². The molecule has 6 nitrogen and oxygen atoms in total. The van der Waals surface area contributed by atoms with Crippen LogP contribution < -0.4 is 0 Å². The number of esters is 1. The highest BCUT2D eigenvalue weighted by molar-refractivity contribution is 5.72. The van der Waals surface area contributed by atoms with Crippen molar-refractivity contribution in [3.05, 3.63) is 11.4 Å². The quantitative estimate of drug-likeness (QED) is 0.283. The van der Waals surface area contributed by atoms with E-state index in [4.69, 9.17) is 26.3 Å². The van der Waals surface area contributed by atoms with Gasteiger partial charge in [0, 0.05) is 33.3 Å². The van der Waals surface area contributed by atoms with Gasteiger partial charge in [-0.3, -0.25) is 4.79 Å². The van der Waals surface area contributed by atoms with Crippen LogP contribution in [0.3, 0.4) is 0 Å². The average Bonchev–Trinajstić information content (AvgIpc) is 2.36. The second-order valence-electron chi connectivity index (χ2n) is 4.89. The molecular weight excluding hydrogens is 250 g/mol. The molecule has 19 heavy (non-hydrogen) atoms. The Morgan fingerprint density at radius 1 is 1.42 bits per heavy atom. The summed E-state index contributed by atoms with van der Waals surface area (Å²) < 4.78 is 9.77. The molecule has 0 spiro atoms. The highest BCUT2D eigenvalue weighted by Crippen LogP contribution is 2.27. The van der Waals surface area contributed by atoms with E-state index < -0.39 is 17.7 Å². The summed E-state index contributed by atoms with van der Waals surface area (Å²) >= 11 is 0. The molecule has 2 atom stereocenters. The highest BCUT2D eigenvalue weighted by atomic mass is 16.6. The molecule has 0 aromatic heterocycles. The fourth-order valence-corrected chi connectivity index (χ4v) is 1.75. The standard InChI is InChI=1S/C13H23NO5/c1-10(12(17)19-8-7-18-4)9-13(2,14-3)6-5-11(15)16/h10-11,15-16H,5-9H2,1-2,4H3/t10-,13?/m0/s1. The lowest BCUT2D eigenvalue weighted by Crippen LogP contribution is -2.29. The van der Waals surface area contributed by atoms with Gasteiger partial charge in [-0.2, -0.15) is 0 Å². The Balaban J connectivity index is 4.28. The fourth-order valence-electron chi connectivity index (χ4n) is 1.75. The lowest BCUT2D eigenvalue weighted by atomic mass is 9.86. The van der Waals surface area contributed by atoms with Crippen molar-refractivity contribution in [3.63, 3.8) is 0 Å². The summed E-state index contributed by atoms with van der Waals surface area (Å²) in [6, 6.07) is 0. The van der Waals surface area contributed by atoms with E-state index in [1.165, 1.54) is 7.11 Å². The summed E-state index contributed by atoms with van der Waals surface area (Å²) in [6.07, 6.45) is -0.659. The number of carbonyl (C=O) groups is 1. The van der Waals surface area contributed by atoms with Crippen LogP contribution in [-0.2, 0) is 14.3 Å². The normalized spacial score (nSPS) is 15.6. The predicted molar refractivity (Wildman–Crippen MR) is 69.1 cm³/mol. The maximum absolute atomic E-state index is 11.7. The monoisotopic (exact) mass is 273 g/mol. The van der Waals surface area contributed by atoms with Gasteiger partial charge in [0.25, 0.3) is 0 Å². The van der Waals surface area contributed by atoms with Crippen molar-refractivity contribution in [2.75, 3.05) is 20.3 Å². The number of hydrogen-bond donors (Lipinski definition) is 2. The van der Waals surface area contributed by atoms with E-state index in [0.29, 0.717) is 19.4 Å². The van der Waals surface area contributed by atoms with Gasteiger partial charge in [-0.25, -0.2) is 6.57 Å². The first-order valence-corrected chi connectivity index (χ1v) is 6.25. The minimum Gasteiger partial charge on any atom is -0.463 e. The molecule has 0 aliphatic rings. The maximum Gasteiger partial charge on any atom is 0.309 e. The van der Waals surface area contributed by atoms with Gasteiger partial charge in [0.15, 0.2) is 6.29 Å². The van der Waals surface area contributed by atoms with E-state index >= 15 is 0 Å². The lowest BCUT2D eigenvalue weighted by Gasteiger charge is -2.21. The number of nitrogens with zero attached hydrogens (tertiary/aromatic N) is 1. The molecule has 0 aliphatic heterocycles. The Morgan fingerprint density at radius 2 is 2.05 bits per heavy atom. The Bertz CT molecular complexity index is 313. The molecule has 0 aromatic rings. The summed E-state index contributed by atoms with van der Waals surface area (Å²) in [6.45, 7) is 11.1. The zero-order chi connectivity index (χ0) is 14.9. The number of hydrogen-bond acceptors (Lipinski definition) is 5. The van der Waals surface area contributed by atoms with Crippen LogP contribution >= 0.6 is 0 Å². The number of carbonyl (C=O) groups excluding carboxylic acids is 1. The molecule has 1 unspecified atom stereocenters. The molecule has 0 fully saturated rings. The highest BCUT2D eigenvalue weighted by Gasteiger charge is 2.35. The maximum atomic E-state index is 11.7. The average molecular weight is 273 g/mol. The van der Waals surface area contributed by atoms with Crippen LogP contribution in [0.1, 0.15) is 33.1 Å². The van der Waals surface area contributed by atoms with Crippen LogP contribution in [0, 0.1) is 12.5 Å². The van der Waals surface area contributed by atoms with Gasteiger partial charge in [0.05, 0.1) is 12.5 Å². The SMILES string of the molecule is [C-]#[N+]C(C)(CCC(O)O)C[C@H](C)C(=O)OCCOC. The van der Waals surface area contributed by atoms with Crippen molar-refractivity contribution in [3.8, 4) is 0 Å². The van der Waals surface area contributed by atoms with Crippen molar-refractivity contribution >= 4 is 5.97 Å². The number of rotatable bonds is 9. The summed E-state index contributed by atoms with van der Waals surface area (Å²) in [4.78, 5) is 15.2. The molecule has 6 heteroatoms. The molecule has 0 aromatic carbocycles. The van der Waals surface area contributed by atoms with Crippen molar-refractivity contribution in [2.24, 2.45) is 5.92 Å². The first-order chi connectivity index (χ1) is 8.84. The van der Waals surface area contributed by atoms with Crippen LogP contribution in [0.2, 0.25) is 0 Å². The predicted octanol–water partition coefficient (Wildman–Crippen LogP) is 0.971. The smallest absolute Gasteiger partial charge is 0.309 e. The third-order valence-electron chi connectivity index (χ3n) is 2.89. The van der Waals surface area contributed by atoms with Crippen molar-refractivity contribution in [2.45, 2.75) is 44.9 Å². The van der Waals surface area contributed by atoms with Gasteiger partial charge in [-0.15, -0.1) is 0 Å². The summed E-state index contributed by atoms with van der Waals surface area (Å²) in [5.74, 6) is -0.775. The third-order valence-corrected chi connectivity index (χ3v) is 2.89. The van der Waals surface area contributed by atoms with Crippen LogP contribution in [-0.4, -0.2) is 48.3 Å². The molecule has 0 rings (SSSR count). The molecule has 110 valence electrons. The van der Waals surface area contributed by atoms with Gasteiger partial charge in [-0.05, 0) is 0 Å². The molecule has 0 aliphatic carbocycles. The molecule has 0 amide bonds. The molecule has 0 bridgehead atoms. The fraction of sp³-hybridized carbons (Fsp3) is 0.846. The summed E-state index contributed by atoms with van der Waals surface area (Å²) in [5.41, 5.74) is -0.788. The van der Waals surface area contributed by atoms with E-state index in [0.717, 1.165) is 0 Å². The largest absolute Gasteiger partial charge is 0.463 e. The molecule has 0 saturated heterocycles. The van der Waals surface area contributed by atoms with Gasteiger partial charge in [-0.1, -0.05) is 6.92 Å². The number of aliphatic hydroxyl groups is 2. The van der Waals surface area contributed by atoms with Gasteiger partial charge >= 0.3 is 5.97 Å². The number of aliphatic hydroxyl groups excluding tert-OH is 1. The van der Waals surface area contributed by atoms with Gasteiger partial charge in [0.1, 0.15) is 6.61 Å². The molecule has 0 heterocycles.